The lowest BCUT2D eigenvalue weighted by atomic mass is 10.5. The molecule has 0 aromatic carbocycles. The fourth-order valence-electron chi connectivity index (χ4n) is 1.31. The lowest BCUT2D eigenvalue weighted by Crippen LogP contribution is -2.10. The molecule has 0 saturated heterocycles. The zero-order chi connectivity index (χ0) is 9.97. The molecule has 0 radical (unpaired) electrons. The fraction of sp³-hybridized carbons (Fsp3) is 0.500. The highest BCUT2D eigenvalue weighted by atomic mass is 32.2. The highest BCUT2D eigenvalue weighted by Gasteiger charge is 2.25. The molecule has 1 fully saturated rings. The first-order valence-electron chi connectivity index (χ1n) is 4.48. The second kappa shape index (κ2) is 3.91. The van der Waals surface area contributed by atoms with Gasteiger partial charge in [-0.2, -0.15) is 5.10 Å². The Kier molecular flexibility index (Phi) is 2.62. The van der Waals surface area contributed by atoms with Crippen LogP contribution in [0.5, 0.6) is 0 Å². The van der Waals surface area contributed by atoms with Gasteiger partial charge >= 0.3 is 0 Å². The third-order valence-corrected chi connectivity index (χ3v) is 3.02. The van der Waals surface area contributed by atoms with Crippen LogP contribution in [0.25, 0.3) is 0 Å². The number of rotatable bonds is 3. The number of hydrogen-bond donors (Lipinski definition) is 2. The van der Waals surface area contributed by atoms with E-state index in [-0.39, 0.29) is 0 Å². The van der Waals surface area contributed by atoms with Gasteiger partial charge in [0.15, 0.2) is 5.17 Å². The summed E-state index contributed by atoms with van der Waals surface area (Å²) in [6, 6.07) is 0.657. The summed E-state index contributed by atoms with van der Waals surface area (Å²) in [6.07, 6.45) is 6.27. The summed E-state index contributed by atoms with van der Waals surface area (Å²) in [5.41, 5.74) is 6.67. The lowest BCUT2D eigenvalue weighted by Gasteiger charge is -2.04. The number of hydrazone groups is 1. The van der Waals surface area contributed by atoms with Crippen molar-refractivity contribution in [3.8, 4) is 0 Å². The van der Waals surface area contributed by atoms with Crippen molar-refractivity contribution in [3.05, 3.63) is 18.2 Å². The van der Waals surface area contributed by atoms with Crippen LogP contribution in [0.15, 0.2) is 17.6 Å². The zero-order valence-electron chi connectivity index (χ0n) is 7.76. The molecule has 0 atom stereocenters. The van der Waals surface area contributed by atoms with Crippen LogP contribution in [-0.2, 0) is 5.75 Å². The van der Waals surface area contributed by atoms with Gasteiger partial charge in [-0.1, -0.05) is 11.8 Å². The smallest absolute Gasteiger partial charge is 0.177 e. The van der Waals surface area contributed by atoms with Crippen LogP contribution in [0.1, 0.15) is 24.6 Å². The number of imidazole rings is 1. The third-order valence-electron chi connectivity index (χ3n) is 2.18. The van der Waals surface area contributed by atoms with E-state index >= 15 is 0 Å². The molecular formula is C8H13N5S. The van der Waals surface area contributed by atoms with E-state index < -0.39 is 0 Å². The van der Waals surface area contributed by atoms with Crippen molar-refractivity contribution in [2.45, 2.75) is 24.6 Å². The third kappa shape index (κ3) is 2.01. The predicted octanol–water partition coefficient (Wildman–Crippen LogP) is 0.640. The van der Waals surface area contributed by atoms with Gasteiger partial charge < -0.3 is 16.1 Å². The Balaban J connectivity index is 1.98. The normalized spacial score (nSPS) is 17.3. The van der Waals surface area contributed by atoms with E-state index in [0.717, 1.165) is 5.75 Å². The number of thioether (sulfide) groups is 1. The van der Waals surface area contributed by atoms with E-state index in [9.17, 15) is 0 Å². The van der Waals surface area contributed by atoms with E-state index in [1.54, 1.807) is 0 Å². The number of aromatic nitrogens is 2. The summed E-state index contributed by atoms with van der Waals surface area (Å²) in [5.74, 6) is 5.82. The minimum absolute atomic E-state index is 0.411. The molecule has 1 aromatic rings. The maximum Gasteiger partial charge on any atom is 0.177 e. The van der Waals surface area contributed by atoms with Gasteiger partial charge in [-0.15, -0.1) is 0 Å². The van der Waals surface area contributed by atoms with Gasteiger partial charge in [-0.3, -0.25) is 0 Å². The highest BCUT2D eigenvalue weighted by Crippen LogP contribution is 2.36. The van der Waals surface area contributed by atoms with Crippen molar-refractivity contribution in [1.29, 1.82) is 0 Å². The van der Waals surface area contributed by atoms with Crippen LogP contribution >= 0.6 is 11.8 Å². The van der Waals surface area contributed by atoms with Gasteiger partial charge in [-0.05, 0) is 12.8 Å². The molecule has 1 saturated carbocycles. The summed E-state index contributed by atoms with van der Waals surface area (Å²) in [6.45, 7) is 0. The Morgan fingerprint density at radius 3 is 3.14 bits per heavy atom. The molecule has 1 aliphatic carbocycles. The van der Waals surface area contributed by atoms with Crippen LogP contribution in [0.3, 0.4) is 0 Å². The van der Waals surface area contributed by atoms with Crippen LogP contribution in [0, 0.1) is 0 Å². The molecule has 1 aromatic heterocycles. The Morgan fingerprint density at radius 2 is 2.50 bits per heavy atom. The minimum Gasteiger partial charge on any atom is -0.377 e. The van der Waals surface area contributed by atoms with Gasteiger partial charge in [0.25, 0.3) is 0 Å². The minimum atomic E-state index is 0.411. The van der Waals surface area contributed by atoms with Gasteiger partial charge in [0.05, 0.1) is 6.33 Å². The van der Waals surface area contributed by atoms with Crippen molar-refractivity contribution in [3.63, 3.8) is 0 Å². The van der Waals surface area contributed by atoms with E-state index in [1.807, 2.05) is 12.5 Å². The van der Waals surface area contributed by atoms with Crippen molar-refractivity contribution >= 4 is 16.9 Å². The Hall–Kier alpha value is -1.17. The number of amidine groups is 1. The largest absolute Gasteiger partial charge is 0.377 e. The van der Waals surface area contributed by atoms with Crippen molar-refractivity contribution in [1.82, 2.24) is 9.55 Å². The number of nitrogens with two attached hydrogens (primary N) is 2. The van der Waals surface area contributed by atoms with Gasteiger partial charge in [0, 0.05) is 23.7 Å². The molecule has 1 aliphatic rings. The molecule has 5 nitrogen and oxygen atoms in total. The number of hydrogen-bond acceptors (Lipinski definition) is 4. The molecule has 76 valence electrons. The Morgan fingerprint density at radius 1 is 1.71 bits per heavy atom. The Bertz CT molecular complexity index is 341. The molecule has 0 unspecified atom stereocenters. The number of nitrogens with zero attached hydrogens (tertiary/aromatic N) is 3. The monoisotopic (exact) mass is 211 g/mol. The summed E-state index contributed by atoms with van der Waals surface area (Å²) in [7, 11) is 0. The summed E-state index contributed by atoms with van der Waals surface area (Å²) >= 11 is 1.44. The quantitative estimate of drug-likeness (QED) is 0.333. The fourth-order valence-corrected chi connectivity index (χ4v) is 1.90. The molecule has 2 rings (SSSR count). The molecule has 0 bridgehead atoms. The highest BCUT2D eigenvalue weighted by molar-refractivity contribution is 8.13. The average molecular weight is 211 g/mol. The summed E-state index contributed by atoms with van der Waals surface area (Å²) < 4.78 is 2.21. The molecule has 4 N–H and O–H groups in total. The molecule has 1 heterocycles. The average Bonchev–Trinajstić information content (AvgIpc) is 2.94. The molecule has 0 spiro atoms. The maximum absolute atomic E-state index is 5.49. The molecule has 0 amide bonds. The van der Waals surface area contributed by atoms with Gasteiger partial charge in [-0.25, -0.2) is 4.98 Å². The molecule has 6 heteroatoms. The van der Waals surface area contributed by atoms with E-state index in [4.69, 9.17) is 11.6 Å². The van der Waals surface area contributed by atoms with Crippen LogP contribution in [0.2, 0.25) is 0 Å². The zero-order valence-corrected chi connectivity index (χ0v) is 8.57. The maximum atomic E-state index is 5.49. The van der Waals surface area contributed by atoms with Crippen LogP contribution in [0.4, 0.5) is 0 Å². The molecular weight excluding hydrogens is 198 g/mol. The second-order valence-corrected chi connectivity index (χ2v) is 4.28. The van der Waals surface area contributed by atoms with E-state index in [1.165, 1.54) is 30.3 Å². The first-order valence-corrected chi connectivity index (χ1v) is 5.46. The first-order chi connectivity index (χ1) is 6.81. The van der Waals surface area contributed by atoms with Crippen molar-refractivity contribution < 1.29 is 0 Å². The summed E-state index contributed by atoms with van der Waals surface area (Å²) in [4.78, 5) is 4.12. The Labute approximate surface area is 86.6 Å². The lowest BCUT2D eigenvalue weighted by molar-refractivity contribution is 0.714. The van der Waals surface area contributed by atoms with Crippen molar-refractivity contribution in [2.75, 3.05) is 0 Å². The van der Waals surface area contributed by atoms with Gasteiger partial charge in [0.1, 0.15) is 0 Å². The topological polar surface area (TPSA) is 82.2 Å². The first kappa shape index (κ1) is 9.39. The molecule has 14 heavy (non-hydrogen) atoms. The standard InChI is InChI=1S/C8H13N5S/c9-8(12-10)14-4-7-3-11-5-13(7)6-1-2-6/h3,5-6H,1-2,4,10H2,(H2,9,12). The van der Waals surface area contributed by atoms with E-state index in [0.29, 0.717) is 11.2 Å². The second-order valence-electron chi connectivity index (χ2n) is 3.28. The summed E-state index contributed by atoms with van der Waals surface area (Å²) in [5, 5.41) is 3.82. The SMILES string of the molecule is NN=C(N)SCc1cncn1C1CC1. The predicted molar refractivity (Wildman–Crippen MR) is 57.6 cm³/mol. The van der Waals surface area contributed by atoms with Gasteiger partial charge in [0.2, 0.25) is 0 Å². The van der Waals surface area contributed by atoms with E-state index in [2.05, 4.69) is 14.7 Å². The van der Waals surface area contributed by atoms with Crippen LogP contribution in [-0.4, -0.2) is 14.7 Å². The molecule has 0 aliphatic heterocycles. The van der Waals surface area contributed by atoms with Crippen molar-refractivity contribution in [2.24, 2.45) is 16.7 Å². The van der Waals surface area contributed by atoms with Crippen LogP contribution < -0.4 is 11.6 Å².